The summed E-state index contributed by atoms with van der Waals surface area (Å²) in [4.78, 5) is 15.6. The van der Waals surface area contributed by atoms with Crippen molar-refractivity contribution >= 4 is 5.91 Å². The van der Waals surface area contributed by atoms with Crippen LogP contribution in [0.3, 0.4) is 0 Å². The first-order valence-electron chi connectivity index (χ1n) is 6.22. The van der Waals surface area contributed by atoms with E-state index in [-0.39, 0.29) is 5.91 Å². The topological polar surface area (TPSA) is 35.6 Å². The van der Waals surface area contributed by atoms with Crippen LogP contribution in [0.4, 0.5) is 0 Å². The number of carbonyl (C=O) groups is 1. The zero-order chi connectivity index (χ0) is 12.1. The second kappa shape index (κ2) is 6.21. The third kappa shape index (κ3) is 3.76. The molecule has 1 fully saturated rings. The third-order valence-electron chi connectivity index (χ3n) is 3.39. The molecule has 1 saturated heterocycles. The van der Waals surface area contributed by atoms with Crippen LogP contribution >= 0.6 is 0 Å². The Balaban J connectivity index is 2.44. The van der Waals surface area contributed by atoms with Gasteiger partial charge >= 0.3 is 0 Å². The van der Waals surface area contributed by atoms with E-state index in [0.29, 0.717) is 18.6 Å². The maximum Gasteiger partial charge on any atom is 0.236 e. The quantitative estimate of drug-likeness (QED) is 0.761. The van der Waals surface area contributed by atoms with Crippen molar-refractivity contribution in [1.82, 2.24) is 15.1 Å². The first-order chi connectivity index (χ1) is 7.54. The highest BCUT2D eigenvalue weighted by Crippen LogP contribution is 2.13. The van der Waals surface area contributed by atoms with Gasteiger partial charge in [0.25, 0.3) is 0 Å². The molecule has 0 aromatic rings. The molecule has 1 rings (SSSR count). The predicted molar refractivity (Wildman–Crippen MR) is 66.4 cm³/mol. The maximum atomic E-state index is 11.7. The number of amides is 1. The number of nitrogens with zero attached hydrogens (tertiary/aromatic N) is 2. The minimum atomic E-state index is 0.195. The van der Waals surface area contributed by atoms with Crippen LogP contribution < -0.4 is 5.32 Å². The van der Waals surface area contributed by atoms with Crippen molar-refractivity contribution in [3.8, 4) is 0 Å². The van der Waals surface area contributed by atoms with E-state index in [1.165, 1.54) is 12.8 Å². The van der Waals surface area contributed by atoms with E-state index in [0.717, 1.165) is 13.1 Å². The van der Waals surface area contributed by atoms with Crippen LogP contribution in [0.25, 0.3) is 0 Å². The first-order valence-corrected chi connectivity index (χ1v) is 6.22. The van der Waals surface area contributed by atoms with Gasteiger partial charge in [-0.25, -0.2) is 0 Å². The summed E-state index contributed by atoms with van der Waals surface area (Å²) in [6.45, 7) is 6.85. The second-order valence-electron chi connectivity index (χ2n) is 4.89. The molecule has 0 spiro atoms. The summed E-state index contributed by atoms with van der Waals surface area (Å²) in [7, 11) is 3.63. The number of piperidine rings is 1. The van der Waals surface area contributed by atoms with E-state index in [1.807, 2.05) is 14.1 Å². The maximum absolute atomic E-state index is 11.7. The van der Waals surface area contributed by atoms with Gasteiger partial charge in [0.2, 0.25) is 5.91 Å². The molecule has 1 N–H and O–H groups in total. The average molecular weight is 227 g/mol. The molecule has 94 valence electrons. The molecule has 1 aliphatic rings. The highest BCUT2D eigenvalue weighted by Gasteiger charge is 2.24. The zero-order valence-corrected chi connectivity index (χ0v) is 11.0. The molecular formula is C12H25N3O. The summed E-state index contributed by atoms with van der Waals surface area (Å²) in [6, 6.07) is 1.14. The molecule has 16 heavy (non-hydrogen) atoms. The summed E-state index contributed by atoms with van der Waals surface area (Å²) in [5.41, 5.74) is 0. The molecular weight excluding hydrogens is 202 g/mol. The minimum absolute atomic E-state index is 0.195. The van der Waals surface area contributed by atoms with Gasteiger partial charge < -0.3 is 10.2 Å². The Morgan fingerprint density at radius 2 is 2.06 bits per heavy atom. The Kier molecular flexibility index (Phi) is 5.22. The highest BCUT2D eigenvalue weighted by molar-refractivity contribution is 5.77. The summed E-state index contributed by atoms with van der Waals surface area (Å²) in [5, 5.41) is 3.48. The predicted octanol–water partition coefficient (Wildman–Crippen LogP) is 0.537. The standard InChI is InChI=1S/C12H25N3O/c1-5-15(9-12(16)14(3)4)11-7-6-10(2)13-8-11/h10-11,13H,5-9H2,1-4H3. The number of nitrogens with one attached hydrogen (secondary N) is 1. The fourth-order valence-corrected chi connectivity index (χ4v) is 2.11. The van der Waals surface area contributed by atoms with Crippen molar-refractivity contribution in [1.29, 1.82) is 0 Å². The smallest absolute Gasteiger partial charge is 0.236 e. The van der Waals surface area contributed by atoms with Crippen molar-refractivity contribution in [2.75, 3.05) is 33.7 Å². The van der Waals surface area contributed by atoms with Gasteiger partial charge in [0.1, 0.15) is 0 Å². The molecule has 1 heterocycles. The van der Waals surface area contributed by atoms with Crippen molar-refractivity contribution < 1.29 is 4.79 Å². The average Bonchev–Trinajstić information content (AvgIpc) is 2.26. The second-order valence-corrected chi connectivity index (χ2v) is 4.89. The Morgan fingerprint density at radius 1 is 1.38 bits per heavy atom. The SMILES string of the molecule is CCN(CC(=O)N(C)C)C1CCC(C)NC1. The molecule has 4 nitrogen and oxygen atoms in total. The lowest BCUT2D eigenvalue weighted by atomic mass is 10.0. The van der Waals surface area contributed by atoms with Gasteiger partial charge in [-0.05, 0) is 26.3 Å². The molecule has 0 aromatic carbocycles. The highest BCUT2D eigenvalue weighted by atomic mass is 16.2. The first kappa shape index (κ1) is 13.5. The van der Waals surface area contributed by atoms with Crippen LogP contribution in [0, 0.1) is 0 Å². The fourth-order valence-electron chi connectivity index (χ4n) is 2.11. The zero-order valence-electron chi connectivity index (χ0n) is 11.0. The molecule has 0 radical (unpaired) electrons. The van der Waals surface area contributed by atoms with Gasteiger partial charge in [-0.15, -0.1) is 0 Å². The van der Waals surface area contributed by atoms with Crippen molar-refractivity contribution in [3.63, 3.8) is 0 Å². The number of rotatable bonds is 4. The monoisotopic (exact) mass is 227 g/mol. The molecule has 1 amide bonds. The van der Waals surface area contributed by atoms with Crippen LogP contribution in [-0.4, -0.2) is 61.5 Å². The van der Waals surface area contributed by atoms with Gasteiger partial charge in [-0.3, -0.25) is 9.69 Å². The van der Waals surface area contributed by atoms with E-state index in [2.05, 4.69) is 24.1 Å². The van der Waals surface area contributed by atoms with Gasteiger partial charge in [0, 0.05) is 32.7 Å². The number of hydrogen-bond acceptors (Lipinski definition) is 3. The van der Waals surface area contributed by atoms with Crippen molar-refractivity contribution in [2.24, 2.45) is 0 Å². The lowest BCUT2D eigenvalue weighted by Crippen LogP contribution is -2.51. The fraction of sp³-hybridized carbons (Fsp3) is 0.917. The lowest BCUT2D eigenvalue weighted by molar-refractivity contribution is -0.130. The largest absolute Gasteiger partial charge is 0.348 e. The molecule has 2 unspecified atom stereocenters. The molecule has 0 saturated carbocycles. The van der Waals surface area contributed by atoms with E-state index in [4.69, 9.17) is 0 Å². The van der Waals surface area contributed by atoms with Crippen molar-refractivity contribution in [3.05, 3.63) is 0 Å². The Hall–Kier alpha value is -0.610. The van der Waals surface area contributed by atoms with Gasteiger partial charge in [0.05, 0.1) is 6.54 Å². The van der Waals surface area contributed by atoms with E-state index >= 15 is 0 Å². The normalized spacial score (nSPS) is 25.8. The van der Waals surface area contributed by atoms with Crippen LogP contribution in [-0.2, 0) is 4.79 Å². The summed E-state index contributed by atoms with van der Waals surface area (Å²) >= 11 is 0. The lowest BCUT2D eigenvalue weighted by Gasteiger charge is -2.36. The van der Waals surface area contributed by atoms with Crippen LogP contribution in [0.2, 0.25) is 0 Å². The molecule has 2 atom stereocenters. The molecule has 0 bridgehead atoms. The molecule has 1 aliphatic heterocycles. The summed E-state index contributed by atoms with van der Waals surface area (Å²) < 4.78 is 0. The van der Waals surface area contributed by atoms with Crippen LogP contribution in [0.1, 0.15) is 26.7 Å². The van der Waals surface area contributed by atoms with Gasteiger partial charge in [0.15, 0.2) is 0 Å². The van der Waals surface area contributed by atoms with E-state index in [9.17, 15) is 4.79 Å². The number of hydrogen-bond donors (Lipinski definition) is 1. The molecule has 4 heteroatoms. The molecule has 0 aromatic heterocycles. The Bertz CT molecular complexity index is 222. The van der Waals surface area contributed by atoms with Crippen LogP contribution in [0.5, 0.6) is 0 Å². The number of likely N-dealkylation sites (N-methyl/N-ethyl adjacent to an activating group) is 2. The van der Waals surface area contributed by atoms with Crippen molar-refractivity contribution in [2.45, 2.75) is 38.8 Å². The summed E-state index contributed by atoms with van der Waals surface area (Å²) in [5.74, 6) is 0.195. The Morgan fingerprint density at radius 3 is 2.50 bits per heavy atom. The van der Waals surface area contributed by atoms with E-state index < -0.39 is 0 Å². The number of carbonyl (C=O) groups excluding carboxylic acids is 1. The minimum Gasteiger partial charge on any atom is -0.348 e. The van der Waals surface area contributed by atoms with Gasteiger partial charge in [-0.1, -0.05) is 6.92 Å². The Labute approximate surface area is 99.0 Å². The van der Waals surface area contributed by atoms with Crippen LogP contribution in [0.15, 0.2) is 0 Å². The van der Waals surface area contributed by atoms with Gasteiger partial charge in [-0.2, -0.15) is 0 Å². The molecule has 0 aliphatic carbocycles. The third-order valence-corrected chi connectivity index (χ3v) is 3.39. The van der Waals surface area contributed by atoms with E-state index in [1.54, 1.807) is 4.90 Å². The summed E-state index contributed by atoms with van der Waals surface area (Å²) in [6.07, 6.45) is 2.40.